The summed E-state index contributed by atoms with van der Waals surface area (Å²) in [7, 11) is 1.98. The predicted molar refractivity (Wildman–Crippen MR) is 111 cm³/mol. The number of nitrogens with zero attached hydrogens (tertiary/aromatic N) is 2. The van der Waals surface area contributed by atoms with Crippen molar-refractivity contribution in [2.45, 2.75) is 24.9 Å². The molecule has 0 unspecified atom stereocenters. The highest BCUT2D eigenvalue weighted by Crippen LogP contribution is 2.45. The number of thiophene rings is 1. The van der Waals surface area contributed by atoms with E-state index in [0.29, 0.717) is 37.4 Å². The zero-order valence-corrected chi connectivity index (χ0v) is 17.0. The van der Waals surface area contributed by atoms with Crippen LogP contribution in [-0.4, -0.2) is 46.1 Å². The van der Waals surface area contributed by atoms with Crippen LogP contribution in [0.5, 0.6) is 0 Å². The summed E-state index contributed by atoms with van der Waals surface area (Å²) in [5.74, 6) is -0.840. The molecule has 1 N–H and O–H groups in total. The lowest BCUT2D eigenvalue weighted by molar-refractivity contribution is -0.0906. The Morgan fingerprint density at radius 2 is 2.00 bits per heavy atom. The fourth-order valence-corrected chi connectivity index (χ4v) is 5.88. The molecular formula is C22H22N2O4S. The molecule has 5 rings (SSSR count). The number of piperidine rings is 1. The molecule has 0 saturated carbocycles. The lowest BCUT2D eigenvalue weighted by Crippen LogP contribution is -2.47. The number of carboxylic acids is 1. The molecule has 0 atom stereocenters. The lowest BCUT2D eigenvalue weighted by Gasteiger charge is -2.43. The molecule has 3 aromatic rings. The van der Waals surface area contributed by atoms with Crippen LogP contribution in [0.3, 0.4) is 0 Å². The molecule has 1 amide bonds. The highest BCUT2D eigenvalue weighted by Gasteiger charge is 2.43. The first-order valence-electron chi connectivity index (χ1n) is 9.82. The second-order valence-corrected chi connectivity index (χ2v) is 8.87. The van der Waals surface area contributed by atoms with Gasteiger partial charge in [0.1, 0.15) is 10.5 Å². The second kappa shape index (κ2) is 6.71. The third kappa shape index (κ3) is 2.88. The highest BCUT2D eigenvalue weighted by atomic mass is 32.1. The number of ether oxygens (including phenoxy) is 1. The van der Waals surface area contributed by atoms with E-state index in [0.717, 1.165) is 33.3 Å². The van der Waals surface area contributed by atoms with Crippen LogP contribution in [0.4, 0.5) is 0 Å². The number of carbonyl (C=O) groups is 2. The maximum absolute atomic E-state index is 13.2. The molecule has 1 saturated heterocycles. The Morgan fingerprint density at radius 1 is 1.21 bits per heavy atom. The molecular weight excluding hydrogens is 388 g/mol. The van der Waals surface area contributed by atoms with Crippen LogP contribution in [-0.2, 0) is 23.8 Å². The smallest absolute Gasteiger partial charge is 0.345 e. The second-order valence-electron chi connectivity index (χ2n) is 7.82. The summed E-state index contributed by atoms with van der Waals surface area (Å²) >= 11 is 1.33. The van der Waals surface area contributed by atoms with Gasteiger partial charge in [-0.3, -0.25) is 4.79 Å². The number of aromatic nitrogens is 1. The van der Waals surface area contributed by atoms with Gasteiger partial charge in [0.2, 0.25) is 0 Å². The van der Waals surface area contributed by atoms with Crippen LogP contribution in [0.1, 0.15) is 43.3 Å². The number of aryl methyl sites for hydroxylation is 1. The van der Waals surface area contributed by atoms with Crippen molar-refractivity contribution in [3.63, 3.8) is 0 Å². The van der Waals surface area contributed by atoms with Crippen molar-refractivity contribution in [3.8, 4) is 0 Å². The molecule has 2 aliphatic heterocycles. The van der Waals surface area contributed by atoms with Crippen molar-refractivity contribution in [1.29, 1.82) is 0 Å². The Balaban J connectivity index is 1.40. The van der Waals surface area contributed by atoms with Gasteiger partial charge in [-0.25, -0.2) is 4.79 Å². The number of hydrogen-bond acceptors (Lipinski definition) is 4. The van der Waals surface area contributed by atoms with Gasteiger partial charge in [0.05, 0.1) is 6.61 Å². The van der Waals surface area contributed by atoms with Crippen molar-refractivity contribution in [2.75, 3.05) is 19.7 Å². The van der Waals surface area contributed by atoms with E-state index in [1.807, 2.05) is 47.0 Å². The average molecular weight is 410 g/mol. The first-order valence-corrected chi connectivity index (χ1v) is 10.6. The molecule has 1 aromatic carbocycles. The first kappa shape index (κ1) is 18.4. The topological polar surface area (TPSA) is 71.8 Å². The summed E-state index contributed by atoms with van der Waals surface area (Å²) < 4.78 is 8.23. The number of carboxylic acid groups (broad SMARTS) is 1. The number of rotatable bonds is 2. The number of benzene rings is 1. The van der Waals surface area contributed by atoms with Gasteiger partial charge >= 0.3 is 5.97 Å². The van der Waals surface area contributed by atoms with Crippen molar-refractivity contribution in [2.24, 2.45) is 7.05 Å². The van der Waals surface area contributed by atoms with Crippen LogP contribution in [0.25, 0.3) is 10.9 Å². The molecule has 6 nitrogen and oxygen atoms in total. The van der Waals surface area contributed by atoms with Gasteiger partial charge < -0.3 is 19.3 Å². The van der Waals surface area contributed by atoms with Gasteiger partial charge in [-0.05, 0) is 49.1 Å². The fourth-order valence-electron chi connectivity index (χ4n) is 4.63. The Labute approximate surface area is 172 Å². The van der Waals surface area contributed by atoms with E-state index in [4.69, 9.17) is 4.74 Å². The van der Waals surface area contributed by atoms with Gasteiger partial charge in [-0.15, -0.1) is 11.3 Å². The molecule has 0 radical (unpaired) electrons. The van der Waals surface area contributed by atoms with E-state index in [2.05, 4.69) is 0 Å². The summed E-state index contributed by atoms with van der Waals surface area (Å²) in [6, 6.07) is 9.62. The Bertz CT molecular complexity index is 1120. The molecule has 1 spiro atoms. The molecule has 29 heavy (non-hydrogen) atoms. The first-order chi connectivity index (χ1) is 14.0. The Kier molecular flexibility index (Phi) is 4.26. The van der Waals surface area contributed by atoms with Crippen LogP contribution in [0.2, 0.25) is 0 Å². The molecule has 1 fully saturated rings. The zero-order valence-electron chi connectivity index (χ0n) is 16.2. The van der Waals surface area contributed by atoms with Gasteiger partial charge in [-0.1, -0.05) is 6.07 Å². The molecule has 7 heteroatoms. The van der Waals surface area contributed by atoms with E-state index in [1.54, 1.807) is 6.07 Å². The third-order valence-electron chi connectivity index (χ3n) is 6.20. The van der Waals surface area contributed by atoms with Gasteiger partial charge in [0.25, 0.3) is 5.91 Å². The summed E-state index contributed by atoms with van der Waals surface area (Å²) in [5.41, 5.74) is 2.41. The van der Waals surface area contributed by atoms with Crippen LogP contribution in [0.15, 0.2) is 36.5 Å². The Hall–Kier alpha value is -2.64. The minimum atomic E-state index is -0.886. The van der Waals surface area contributed by atoms with Gasteiger partial charge in [0, 0.05) is 47.7 Å². The number of likely N-dealkylation sites (tertiary alicyclic amines) is 1. The van der Waals surface area contributed by atoms with E-state index in [1.165, 1.54) is 11.3 Å². The molecule has 2 aliphatic rings. The number of aromatic carboxylic acids is 1. The summed E-state index contributed by atoms with van der Waals surface area (Å²) in [6.45, 7) is 1.80. The quantitative estimate of drug-likeness (QED) is 0.700. The summed E-state index contributed by atoms with van der Waals surface area (Å²) in [6.07, 6.45) is 4.10. The van der Waals surface area contributed by atoms with Crippen molar-refractivity contribution in [1.82, 2.24) is 9.47 Å². The van der Waals surface area contributed by atoms with Crippen molar-refractivity contribution in [3.05, 3.63) is 57.4 Å². The van der Waals surface area contributed by atoms with Gasteiger partial charge in [-0.2, -0.15) is 0 Å². The van der Waals surface area contributed by atoms with E-state index in [-0.39, 0.29) is 5.91 Å². The standard InChI is InChI=1S/C22H22N2O4S/c1-23-9-5-15-16(3-2-4-17(15)23)20(25)24-10-7-22(8-11-24)19-14(6-12-28-22)13-18(29-19)21(26)27/h2-5,9,13H,6-8,10-12H2,1H3,(H,26,27). The molecule has 150 valence electrons. The largest absolute Gasteiger partial charge is 0.477 e. The number of fused-ring (bicyclic) bond motifs is 3. The average Bonchev–Trinajstić information content (AvgIpc) is 3.33. The zero-order chi connectivity index (χ0) is 20.2. The summed E-state index contributed by atoms with van der Waals surface area (Å²) in [5, 5.41) is 10.3. The van der Waals surface area contributed by atoms with Gasteiger partial charge in [0.15, 0.2) is 0 Å². The van der Waals surface area contributed by atoms with E-state index < -0.39 is 11.6 Å². The maximum Gasteiger partial charge on any atom is 0.345 e. The SMILES string of the molecule is Cn1ccc2c(C(=O)N3CCC4(CC3)OCCc3cc(C(=O)O)sc34)cccc21. The third-order valence-corrected chi connectivity index (χ3v) is 7.55. The predicted octanol–water partition coefficient (Wildman–Crippen LogP) is 3.64. The van der Waals surface area contributed by atoms with E-state index >= 15 is 0 Å². The van der Waals surface area contributed by atoms with Crippen LogP contribution in [0, 0.1) is 0 Å². The lowest BCUT2D eigenvalue weighted by atomic mass is 9.85. The number of hydrogen-bond donors (Lipinski definition) is 1. The van der Waals surface area contributed by atoms with Crippen LogP contribution >= 0.6 is 11.3 Å². The summed E-state index contributed by atoms with van der Waals surface area (Å²) in [4.78, 5) is 28.0. The number of amides is 1. The van der Waals surface area contributed by atoms with Crippen molar-refractivity contribution >= 4 is 34.1 Å². The molecule has 2 aromatic heterocycles. The molecule has 0 aliphatic carbocycles. The Morgan fingerprint density at radius 3 is 2.76 bits per heavy atom. The molecule has 0 bridgehead atoms. The minimum absolute atomic E-state index is 0.0464. The normalized spacial score (nSPS) is 18.2. The monoisotopic (exact) mass is 410 g/mol. The molecule has 4 heterocycles. The highest BCUT2D eigenvalue weighted by molar-refractivity contribution is 7.14. The van der Waals surface area contributed by atoms with E-state index in [9.17, 15) is 14.7 Å². The number of carbonyl (C=O) groups excluding carboxylic acids is 1. The minimum Gasteiger partial charge on any atom is -0.477 e. The fraction of sp³-hybridized carbons (Fsp3) is 0.364. The maximum atomic E-state index is 13.2. The van der Waals surface area contributed by atoms with Crippen LogP contribution < -0.4 is 0 Å². The van der Waals surface area contributed by atoms with Crippen molar-refractivity contribution < 1.29 is 19.4 Å².